The number of aromatic nitrogens is 2. The van der Waals surface area contributed by atoms with Crippen LogP contribution in [0.15, 0.2) is 89.7 Å². The van der Waals surface area contributed by atoms with Crippen molar-refractivity contribution in [2.24, 2.45) is 5.92 Å². The normalized spacial score (nSPS) is 14.1. The first-order chi connectivity index (χ1) is 18.0. The minimum absolute atomic E-state index is 0.0349. The van der Waals surface area contributed by atoms with Gasteiger partial charge in [0, 0.05) is 30.7 Å². The molecule has 4 nitrogen and oxygen atoms in total. The molecule has 1 aromatic heterocycles. The van der Waals surface area contributed by atoms with E-state index in [0.717, 1.165) is 28.2 Å². The molecule has 186 valence electrons. The van der Waals surface area contributed by atoms with E-state index in [0.29, 0.717) is 36.7 Å². The Hall–Kier alpha value is -3.73. The van der Waals surface area contributed by atoms with Gasteiger partial charge in [-0.1, -0.05) is 111 Å². The van der Waals surface area contributed by atoms with Gasteiger partial charge in [-0.2, -0.15) is 0 Å². The van der Waals surface area contributed by atoms with E-state index < -0.39 is 0 Å². The third kappa shape index (κ3) is 5.66. The Morgan fingerprint density at radius 2 is 1.49 bits per heavy atom. The molecular formula is C32H33BN2O2. The summed E-state index contributed by atoms with van der Waals surface area (Å²) in [7, 11) is 5.77. The fourth-order valence-electron chi connectivity index (χ4n) is 5.07. The fraction of sp³-hybridized carbons (Fsp3) is 0.281. The van der Waals surface area contributed by atoms with Crippen LogP contribution in [0.3, 0.4) is 0 Å². The number of rotatable bonds is 7. The lowest BCUT2D eigenvalue weighted by Crippen LogP contribution is -2.33. The van der Waals surface area contributed by atoms with Gasteiger partial charge in [0.05, 0.1) is 11.7 Å². The summed E-state index contributed by atoms with van der Waals surface area (Å²) in [5.41, 5.74) is 5.10. The highest BCUT2D eigenvalue weighted by atomic mass is 16.1. The van der Waals surface area contributed by atoms with E-state index in [1.165, 1.54) is 0 Å². The van der Waals surface area contributed by atoms with Crippen molar-refractivity contribution in [2.45, 2.75) is 52.5 Å². The van der Waals surface area contributed by atoms with Gasteiger partial charge in [-0.05, 0) is 23.1 Å². The number of carbonyl (C=O) groups is 1. The second-order valence-corrected chi connectivity index (χ2v) is 9.20. The van der Waals surface area contributed by atoms with Crippen LogP contribution in [-0.4, -0.2) is 23.2 Å². The molecule has 0 N–H and O–H groups in total. The summed E-state index contributed by atoms with van der Waals surface area (Å²) in [5.74, 6) is 0.660. The average molecular weight is 488 g/mol. The van der Waals surface area contributed by atoms with Crippen molar-refractivity contribution in [2.75, 3.05) is 0 Å². The molecule has 37 heavy (non-hydrogen) atoms. The molecule has 0 fully saturated rings. The lowest BCUT2D eigenvalue weighted by Gasteiger charge is -2.24. The van der Waals surface area contributed by atoms with Crippen molar-refractivity contribution < 1.29 is 4.79 Å². The first-order valence-electron chi connectivity index (χ1n) is 13.1. The zero-order chi connectivity index (χ0) is 26.4. The number of fused-ring (bicyclic) bond motifs is 1. The van der Waals surface area contributed by atoms with Gasteiger partial charge in [-0.3, -0.25) is 14.2 Å². The van der Waals surface area contributed by atoms with Gasteiger partial charge in [0.2, 0.25) is 0 Å². The lowest BCUT2D eigenvalue weighted by molar-refractivity contribution is -0.121. The predicted molar refractivity (Wildman–Crippen MR) is 151 cm³/mol. The molecule has 0 saturated heterocycles. The van der Waals surface area contributed by atoms with Crippen LogP contribution in [0.4, 0.5) is 0 Å². The van der Waals surface area contributed by atoms with Gasteiger partial charge in [0.1, 0.15) is 19.5 Å². The highest BCUT2D eigenvalue weighted by Crippen LogP contribution is 2.30. The monoisotopic (exact) mass is 488 g/mol. The quantitative estimate of drug-likeness (QED) is 0.352. The predicted octanol–water partition coefficient (Wildman–Crippen LogP) is 4.79. The molecular weight excluding hydrogens is 455 g/mol. The summed E-state index contributed by atoms with van der Waals surface area (Å²) in [4.78, 5) is 32.1. The molecule has 4 aromatic rings. The molecule has 0 spiro atoms. The summed E-state index contributed by atoms with van der Waals surface area (Å²) < 4.78 is 1.84. The third-order valence-electron chi connectivity index (χ3n) is 6.88. The SMILES string of the molecule is CC.[B]c1ccc(CC(=O)C2Cc3nc(CC)n(C(c4ccccc4)c4ccccc4)c(=O)c3C2)cc1. The highest BCUT2D eigenvalue weighted by molar-refractivity contribution is 6.32. The molecule has 1 unspecified atom stereocenters. The molecule has 0 aliphatic heterocycles. The molecule has 5 rings (SSSR count). The largest absolute Gasteiger partial charge is 0.299 e. The molecule has 2 radical (unpaired) electrons. The maximum atomic E-state index is 14.0. The molecule has 0 amide bonds. The number of aryl methyl sites for hydroxylation is 1. The summed E-state index contributed by atoms with van der Waals surface area (Å²) in [6.45, 7) is 6.02. The molecule has 1 atom stereocenters. The van der Waals surface area contributed by atoms with E-state index >= 15 is 0 Å². The average Bonchev–Trinajstić information content (AvgIpc) is 3.38. The number of hydrogen-bond acceptors (Lipinski definition) is 3. The van der Waals surface area contributed by atoms with Gasteiger partial charge in [0.15, 0.2) is 0 Å². The molecule has 0 saturated carbocycles. The zero-order valence-electron chi connectivity index (χ0n) is 21.9. The highest BCUT2D eigenvalue weighted by Gasteiger charge is 2.33. The van der Waals surface area contributed by atoms with Crippen LogP contribution in [0.25, 0.3) is 0 Å². The van der Waals surface area contributed by atoms with E-state index in [-0.39, 0.29) is 23.3 Å². The van der Waals surface area contributed by atoms with Crippen molar-refractivity contribution >= 4 is 19.1 Å². The minimum Gasteiger partial charge on any atom is -0.299 e. The molecule has 1 heterocycles. The van der Waals surface area contributed by atoms with Gasteiger partial charge < -0.3 is 0 Å². The van der Waals surface area contributed by atoms with Gasteiger partial charge in [-0.15, -0.1) is 0 Å². The topological polar surface area (TPSA) is 52.0 Å². The van der Waals surface area contributed by atoms with E-state index in [9.17, 15) is 9.59 Å². The molecule has 1 aliphatic carbocycles. The molecule has 5 heteroatoms. The number of ketones is 1. The maximum Gasteiger partial charge on any atom is 0.257 e. The van der Waals surface area contributed by atoms with Gasteiger partial charge >= 0.3 is 0 Å². The van der Waals surface area contributed by atoms with Gasteiger partial charge in [0.25, 0.3) is 5.56 Å². The van der Waals surface area contributed by atoms with E-state index in [4.69, 9.17) is 12.8 Å². The number of Topliss-reactive ketones (excluding diaryl/α,β-unsaturated/α-hetero) is 1. The summed E-state index contributed by atoms with van der Waals surface area (Å²) in [6.07, 6.45) is 1.93. The van der Waals surface area contributed by atoms with Crippen molar-refractivity contribution in [1.82, 2.24) is 9.55 Å². The van der Waals surface area contributed by atoms with Gasteiger partial charge in [-0.25, -0.2) is 4.98 Å². The molecule has 1 aliphatic rings. The molecule has 0 bridgehead atoms. The number of nitrogens with zero attached hydrogens (tertiary/aromatic N) is 2. The Kier molecular flexibility index (Phi) is 8.55. The number of hydrogen-bond donors (Lipinski definition) is 0. The van der Waals surface area contributed by atoms with Crippen molar-refractivity contribution in [3.63, 3.8) is 0 Å². The maximum absolute atomic E-state index is 14.0. The Balaban J connectivity index is 0.00000156. The van der Waals surface area contributed by atoms with Crippen molar-refractivity contribution in [3.8, 4) is 0 Å². The Morgan fingerprint density at radius 1 is 0.919 bits per heavy atom. The minimum atomic E-state index is -0.276. The van der Waals surface area contributed by atoms with Crippen molar-refractivity contribution in [3.05, 3.63) is 129 Å². The van der Waals surface area contributed by atoms with Crippen LogP contribution >= 0.6 is 0 Å². The first kappa shape index (κ1) is 26.3. The fourth-order valence-corrected chi connectivity index (χ4v) is 5.07. The van der Waals surface area contributed by atoms with Crippen LogP contribution in [0, 0.1) is 5.92 Å². The number of benzene rings is 3. The van der Waals surface area contributed by atoms with Crippen LogP contribution in [0.2, 0.25) is 0 Å². The zero-order valence-corrected chi connectivity index (χ0v) is 21.9. The summed E-state index contributed by atoms with van der Waals surface area (Å²) in [6, 6.07) is 27.3. The molecule has 3 aromatic carbocycles. The van der Waals surface area contributed by atoms with Crippen LogP contribution in [0.5, 0.6) is 0 Å². The Labute approximate surface area is 220 Å². The Bertz CT molecular complexity index is 1360. The van der Waals surface area contributed by atoms with Crippen molar-refractivity contribution in [1.29, 1.82) is 0 Å². The lowest BCUT2D eigenvalue weighted by atomic mass is 9.92. The standard InChI is InChI=1S/C30H27BN2O2.C2H6/c1-2-28-32-26-19-23(27(34)17-20-13-15-24(31)16-14-20)18-25(26)30(35)33(28)29(21-9-5-3-6-10-21)22-11-7-4-8-12-22;1-2/h3-16,23,29H,2,17-19H2,1H3;1-2H3. The van der Waals surface area contributed by atoms with E-state index in [1.807, 2.05) is 86.0 Å². The Morgan fingerprint density at radius 3 is 2.03 bits per heavy atom. The van der Waals surface area contributed by atoms with Crippen LogP contribution < -0.4 is 11.0 Å². The van der Waals surface area contributed by atoms with Crippen LogP contribution in [0.1, 0.15) is 60.6 Å². The van der Waals surface area contributed by atoms with E-state index in [2.05, 4.69) is 24.3 Å². The smallest absolute Gasteiger partial charge is 0.257 e. The second-order valence-electron chi connectivity index (χ2n) is 9.20. The third-order valence-corrected chi connectivity index (χ3v) is 6.88. The second kappa shape index (κ2) is 12.0. The van der Waals surface area contributed by atoms with Crippen LogP contribution in [-0.2, 0) is 30.5 Å². The first-order valence-corrected chi connectivity index (χ1v) is 13.1. The summed E-state index contributed by atoms with van der Waals surface area (Å²) in [5, 5.41) is 0. The number of carbonyl (C=O) groups excluding carboxylic acids is 1. The van der Waals surface area contributed by atoms with E-state index in [1.54, 1.807) is 0 Å². The summed E-state index contributed by atoms with van der Waals surface area (Å²) >= 11 is 0.